The molecule has 7 unspecified atom stereocenters. The van der Waals surface area contributed by atoms with E-state index in [1.54, 1.807) is 27.7 Å². The Labute approximate surface area is 845 Å². The quantitative estimate of drug-likeness (QED) is 0.0177. The molecule has 7 aromatic carbocycles. The van der Waals surface area contributed by atoms with Crippen LogP contribution in [0.5, 0.6) is 0 Å². The zero-order chi connectivity index (χ0) is 104. The lowest BCUT2D eigenvalue weighted by Crippen LogP contribution is -2.33. The van der Waals surface area contributed by atoms with E-state index in [0.717, 1.165) is 160 Å². The Morgan fingerprint density at radius 3 is 0.804 bits per heavy atom. The lowest BCUT2D eigenvalue weighted by molar-refractivity contribution is -0.0889. The van der Waals surface area contributed by atoms with Gasteiger partial charge in [0.25, 0.3) is 0 Å². The van der Waals surface area contributed by atoms with Gasteiger partial charge in [0, 0.05) is 6.61 Å². The fourth-order valence-electron chi connectivity index (χ4n) is 19.7. The highest BCUT2D eigenvalue weighted by Crippen LogP contribution is 2.46. The van der Waals surface area contributed by atoms with Gasteiger partial charge in [-0.25, -0.2) is 0 Å². The summed E-state index contributed by atoms with van der Waals surface area (Å²) in [7, 11) is 0. The van der Waals surface area contributed by atoms with Crippen molar-refractivity contribution in [2.75, 3.05) is 6.61 Å². The molecule has 138 heavy (non-hydrogen) atoms. The first-order valence-corrected chi connectivity index (χ1v) is 55.5. The molecule has 3 fully saturated rings. The molecule has 0 radical (unpaired) electrons. The summed E-state index contributed by atoms with van der Waals surface area (Å²) in [6.07, 6.45) is 31.0. The molecule has 0 bridgehead atoms. The van der Waals surface area contributed by atoms with E-state index < -0.39 is 44.8 Å². The van der Waals surface area contributed by atoms with Crippen LogP contribution in [-0.4, -0.2) is 64.8 Å². The number of ether oxygens (including phenoxy) is 2. The molecule has 0 saturated heterocycles. The molecule has 0 amide bonds. The van der Waals surface area contributed by atoms with Crippen molar-refractivity contribution < 1.29 is 55.4 Å². The van der Waals surface area contributed by atoms with Gasteiger partial charge in [-0.3, -0.25) is 0 Å². The first-order valence-electron chi connectivity index (χ1n) is 55.5. The molecule has 0 aromatic heterocycles. The molecular weight excluding hydrogens is 1700 g/mol. The Bertz CT molecular complexity index is 4270. The topological polar surface area (TPSA) is 201 Å². The second-order valence-electron chi connectivity index (χ2n) is 44.7. The van der Waals surface area contributed by atoms with Crippen molar-refractivity contribution in [3.63, 3.8) is 0 Å². The Balaban J connectivity index is 0.000000338. The normalized spacial score (nSPS) is 19.0. The molecule has 780 valence electrons. The van der Waals surface area contributed by atoms with E-state index in [1.165, 1.54) is 101 Å². The Hall–Kier alpha value is -5.90. The number of benzene rings is 7. The fraction of sp³-hybridized carbons (Fsp3) is 0.669. The predicted molar refractivity (Wildman–Crippen MR) is 588 cm³/mol. The summed E-state index contributed by atoms with van der Waals surface area (Å²) in [5.41, 5.74) is 12.9. The number of aliphatic hydroxyl groups excluding tert-OH is 1. The Morgan fingerprint density at radius 2 is 0.543 bits per heavy atom. The Morgan fingerprint density at radius 1 is 0.297 bits per heavy atom. The molecule has 3 aliphatic carbocycles. The lowest BCUT2D eigenvalue weighted by atomic mass is 9.75. The molecular formula is C127H206O11. The smallest absolute Gasteiger partial charge is 0.0898 e. The van der Waals surface area contributed by atoms with Crippen LogP contribution in [0.4, 0.5) is 0 Å². The van der Waals surface area contributed by atoms with Gasteiger partial charge in [0.1, 0.15) is 0 Å². The van der Waals surface area contributed by atoms with E-state index in [9.17, 15) is 46.0 Å². The molecule has 11 heteroatoms. The molecule has 3 saturated carbocycles. The molecule has 7 aromatic rings. The van der Waals surface area contributed by atoms with Crippen LogP contribution in [-0.2, 0) is 65.5 Å². The van der Waals surface area contributed by atoms with Crippen LogP contribution in [0.3, 0.4) is 0 Å². The van der Waals surface area contributed by atoms with Crippen molar-refractivity contribution in [3.8, 4) is 0 Å². The van der Waals surface area contributed by atoms with Crippen LogP contribution < -0.4 is 0 Å². The van der Waals surface area contributed by atoms with Crippen LogP contribution in [0.1, 0.15) is 563 Å². The molecule has 0 spiro atoms. The minimum atomic E-state index is -0.885. The van der Waals surface area contributed by atoms with E-state index in [0.29, 0.717) is 98.9 Å². The van der Waals surface area contributed by atoms with Crippen LogP contribution in [0.15, 0.2) is 152 Å². The molecule has 7 atom stereocenters. The second kappa shape index (κ2) is 58.3. The number of rotatable bonds is 40. The van der Waals surface area contributed by atoms with Crippen LogP contribution in [0, 0.1) is 5.92 Å². The standard InChI is InChI=1S/C24H42O2.C20H34O2.C19H30O.C17H26O.C16H24O2.C16H26O2.C15H24O/c1-7-12-23(25,13-8-2)21-16-20(19(6)11-5)17-22(18-21)24(26,14-9-3)15-10-4;1-7-15(6)16-12-17(19(21,8-2)9-3)14-18(13-16)20(22,10-4)11-5;1-5-15(2)16-11-13-17(14-12-16)19(3,4)20-18-9-7-6-8-10-18;1-4-14(3)15-5-7-16(8-6-15)17(18)11-9-13(2)10-12-17;1-3-12(2)13-4-6-14(7-5-13)16(18)10-8-15(17)9-11-16;1-7-11(2)12-8-13(15(3,4)17)10-14(9-12)16(5,6)18;1-6-12(3)13-8-10-14(11-9-13)15(4,5)16-7-2/h16-19,25-26H,7-15H2,1-6H3;12-15,21-22H,7-11H2,1-6H3;11-15,18H,5-10H2,1-4H3;5-8,13-14,18H,4,9-12H2,1-3H3;4-7,12,15,17-18H,3,8-11H2,1-2H3;8-11,17-18H,7H2,1-6H3;8-12H,6-7H2,1-5H3. The summed E-state index contributed by atoms with van der Waals surface area (Å²) in [5, 5.41) is 96.0. The van der Waals surface area contributed by atoms with Gasteiger partial charge in [-0.15, -0.1) is 0 Å². The third-order valence-corrected chi connectivity index (χ3v) is 32.2. The highest BCUT2D eigenvalue weighted by molar-refractivity contribution is 5.42. The third kappa shape index (κ3) is 37.3. The second-order valence-corrected chi connectivity index (χ2v) is 44.7. The zero-order valence-electron chi connectivity index (χ0n) is 93.9. The molecule has 10 rings (SSSR count). The van der Waals surface area contributed by atoms with Crippen LogP contribution >= 0.6 is 0 Å². The molecule has 11 nitrogen and oxygen atoms in total. The van der Waals surface area contributed by atoms with Gasteiger partial charge >= 0.3 is 0 Å². The zero-order valence-corrected chi connectivity index (χ0v) is 93.9. The van der Waals surface area contributed by atoms with Gasteiger partial charge in [-0.05, 0) is 365 Å². The van der Waals surface area contributed by atoms with Gasteiger partial charge < -0.3 is 55.4 Å². The molecule has 3 aliphatic rings. The van der Waals surface area contributed by atoms with Gasteiger partial charge in [0.2, 0.25) is 0 Å². The van der Waals surface area contributed by atoms with Gasteiger partial charge in [-0.2, -0.15) is 0 Å². The van der Waals surface area contributed by atoms with Crippen molar-refractivity contribution in [1.82, 2.24) is 0 Å². The summed E-state index contributed by atoms with van der Waals surface area (Å²) in [6.45, 7) is 68.5. The lowest BCUT2D eigenvalue weighted by Gasteiger charge is -2.35. The van der Waals surface area contributed by atoms with Crippen molar-refractivity contribution in [2.24, 2.45) is 5.92 Å². The third-order valence-electron chi connectivity index (χ3n) is 32.2. The molecule has 0 heterocycles. The number of aliphatic hydroxyl groups is 9. The number of hydrogen-bond donors (Lipinski definition) is 9. The highest BCUT2D eigenvalue weighted by atomic mass is 16.5. The largest absolute Gasteiger partial charge is 0.393 e. The average Bonchev–Trinajstić information content (AvgIpc) is 0.780. The van der Waals surface area contributed by atoms with E-state index in [2.05, 4.69) is 287 Å². The fourth-order valence-corrected chi connectivity index (χ4v) is 19.7. The van der Waals surface area contributed by atoms with Crippen LogP contribution in [0.25, 0.3) is 0 Å². The molecule has 0 aliphatic heterocycles. The highest BCUT2D eigenvalue weighted by Gasteiger charge is 2.39. The maximum atomic E-state index is 11.4. The average molecular weight is 1910 g/mol. The maximum Gasteiger partial charge on any atom is 0.0898 e. The summed E-state index contributed by atoms with van der Waals surface area (Å²) in [4.78, 5) is 0. The summed E-state index contributed by atoms with van der Waals surface area (Å²) < 4.78 is 12.1. The van der Waals surface area contributed by atoms with Crippen LogP contribution in [0.2, 0.25) is 0 Å². The first-order chi connectivity index (χ1) is 64.8. The minimum absolute atomic E-state index is 0.171. The van der Waals surface area contributed by atoms with Gasteiger partial charge in [0.05, 0.1) is 68.2 Å². The summed E-state index contributed by atoms with van der Waals surface area (Å²) in [5.74, 6) is 4.51. The maximum absolute atomic E-state index is 11.4. The Kier molecular flexibility index (Phi) is 52.5. The molecule has 9 N–H and O–H groups in total. The van der Waals surface area contributed by atoms with Crippen molar-refractivity contribution >= 4 is 0 Å². The van der Waals surface area contributed by atoms with Gasteiger partial charge in [0.15, 0.2) is 0 Å². The van der Waals surface area contributed by atoms with E-state index in [1.807, 2.05) is 58.9 Å². The monoisotopic (exact) mass is 1910 g/mol. The van der Waals surface area contributed by atoms with E-state index >= 15 is 0 Å². The number of hydrogen-bond acceptors (Lipinski definition) is 11. The SMILES string of the molecule is CCC(C)c1cc(C(C)(C)O)cc(C(C)(C)O)c1.CCC(C)c1cc(C(O)(CC)CC)cc(C(O)(CC)CC)c1.CCC(C)c1ccc(C(C)(C)OC2CCCCC2)cc1.CCC(C)c1ccc(C2(O)CCC(C)CC2)cc1.CCC(C)c1ccc(C2(O)CCC(O)CC2)cc1.CCCC(O)(CCC)c1cc(C(C)CC)cc(C(O)(CCC)CCC)c1.CCOC(C)(C)c1ccc(C(C)CC)cc1. The predicted octanol–water partition coefficient (Wildman–Crippen LogP) is 33.8. The van der Waals surface area contributed by atoms with Crippen molar-refractivity contribution in [1.29, 1.82) is 0 Å². The van der Waals surface area contributed by atoms with Crippen molar-refractivity contribution in [2.45, 2.75) is 537 Å². The first kappa shape index (κ1) is 124. The minimum Gasteiger partial charge on any atom is -0.393 e. The summed E-state index contributed by atoms with van der Waals surface area (Å²) >= 11 is 0. The van der Waals surface area contributed by atoms with Crippen molar-refractivity contribution in [3.05, 3.63) is 246 Å². The van der Waals surface area contributed by atoms with Gasteiger partial charge in [-0.1, -0.05) is 356 Å². The summed E-state index contributed by atoms with van der Waals surface area (Å²) in [6, 6.07) is 53.7. The van der Waals surface area contributed by atoms with E-state index in [4.69, 9.17) is 9.47 Å². The van der Waals surface area contributed by atoms with E-state index in [-0.39, 0.29) is 17.3 Å².